The topological polar surface area (TPSA) is 64.0 Å². The fourth-order valence-corrected chi connectivity index (χ4v) is 2.01. The van der Waals surface area contributed by atoms with E-state index in [4.69, 9.17) is 0 Å². The second kappa shape index (κ2) is 4.84. The van der Waals surface area contributed by atoms with Gasteiger partial charge < -0.3 is 5.32 Å². The molecule has 5 nitrogen and oxygen atoms in total. The third-order valence-electron chi connectivity index (χ3n) is 3.33. The van der Waals surface area contributed by atoms with Crippen LogP contribution in [-0.2, 0) is 11.3 Å². The minimum Gasteiger partial charge on any atom is -0.354 e. The van der Waals surface area contributed by atoms with Crippen LogP contribution in [0.15, 0.2) is 35.4 Å². The lowest BCUT2D eigenvalue weighted by Gasteiger charge is -2.07. The number of aromatic nitrogens is 2. The first-order valence-corrected chi connectivity index (χ1v) is 6.45. The highest BCUT2D eigenvalue weighted by Crippen LogP contribution is 2.27. The number of hydrogen-bond donors (Lipinski definition) is 1. The van der Waals surface area contributed by atoms with Crippen LogP contribution in [0, 0.1) is 5.92 Å². The molecule has 0 aliphatic heterocycles. The second-order valence-electron chi connectivity index (χ2n) is 4.94. The Hall–Kier alpha value is -2.17. The smallest absolute Gasteiger partial charge is 0.261 e. The van der Waals surface area contributed by atoms with Crippen molar-refractivity contribution in [3.63, 3.8) is 0 Å². The average Bonchev–Trinajstić information content (AvgIpc) is 3.24. The van der Waals surface area contributed by atoms with Crippen molar-refractivity contribution in [2.75, 3.05) is 6.54 Å². The van der Waals surface area contributed by atoms with Gasteiger partial charge in [0.05, 0.1) is 17.2 Å². The molecule has 0 radical (unpaired) electrons. The van der Waals surface area contributed by atoms with Gasteiger partial charge in [0.25, 0.3) is 5.56 Å². The quantitative estimate of drug-likeness (QED) is 0.886. The van der Waals surface area contributed by atoms with Crippen LogP contribution in [0.3, 0.4) is 0 Å². The van der Waals surface area contributed by atoms with Gasteiger partial charge in [0.15, 0.2) is 0 Å². The number of benzene rings is 1. The fraction of sp³-hybridized carbons (Fsp3) is 0.357. The third-order valence-corrected chi connectivity index (χ3v) is 3.33. The van der Waals surface area contributed by atoms with E-state index in [0.29, 0.717) is 23.4 Å². The summed E-state index contributed by atoms with van der Waals surface area (Å²) in [5.41, 5.74) is 0.481. The molecule has 0 saturated heterocycles. The number of carbonyl (C=O) groups excluding carboxylic acids is 1. The zero-order chi connectivity index (χ0) is 13.2. The summed E-state index contributed by atoms with van der Waals surface area (Å²) in [5.74, 6) is 0.501. The summed E-state index contributed by atoms with van der Waals surface area (Å²) >= 11 is 0. The monoisotopic (exact) mass is 257 g/mol. The lowest BCUT2D eigenvalue weighted by molar-refractivity contribution is -0.121. The predicted octanol–water partition coefficient (Wildman–Crippen LogP) is 0.923. The Morgan fingerprint density at radius 2 is 2.16 bits per heavy atom. The molecule has 0 spiro atoms. The number of carbonyl (C=O) groups is 1. The minimum atomic E-state index is -0.174. The number of nitrogens with one attached hydrogen (secondary N) is 1. The van der Waals surface area contributed by atoms with Gasteiger partial charge in [-0.2, -0.15) is 0 Å². The van der Waals surface area contributed by atoms with Gasteiger partial charge in [-0.1, -0.05) is 12.1 Å². The van der Waals surface area contributed by atoms with Crippen LogP contribution in [0.4, 0.5) is 0 Å². The average molecular weight is 257 g/mol. The zero-order valence-corrected chi connectivity index (χ0v) is 10.5. The molecule has 1 aliphatic rings. The highest BCUT2D eigenvalue weighted by Gasteiger charge is 2.21. The van der Waals surface area contributed by atoms with Crippen molar-refractivity contribution < 1.29 is 4.79 Å². The highest BCUT2D eigenvalue weighted by atomic mass is 16.2. The van der Waals surface area contributed by atoms with Gasteiger partial charge in [0.1, 0.15) is 6.54 Å². The lowest BCUT2D eigenvalue weighted by atomic mass is 10.2. The second-order valence-corrected chi connectivity index (χ2v) is 4.94. The van der Waals surface area contributed by atoms with E-state index in [-0.39, 0.29) is 18.0 Å². The molecule has 1 fully saturated rings. The van der Waals surface area contributed by atoms with Crippen molar-refractivity contribution in [1.82, 2.24) is 14.9 Å². The number of fused-ring (bicyclic) bond motifs is 1. The Morgan fingerprint density at radius 3 is 2.95 bits per heavy atom. The number of nitrogens with zero attached hydrogens (tertiary/aromatic N) is 2. The molecular formula is C14H15N3O2. The minimum absolute atomic E-state index is 0.0311. The van der Waals surface area contributed by atoms with E-state index >= 15 is 0 Å². The van der Waals surface area contributed by atoms with Crippen LogP contribution in [-0.4, -0.2) is 22.0 Å². The molecule has 0 atom stereocenters. The molecule has 1 N–H and O–H groups in total. The van der Waals surface area contributed by atoms with Gasteiger partial charge in [0, 0.05) is 6.54 Å². The molecule has 1 aliphatic carbocycles. The first kappa shape index (κ1) is 11.9. The van der Waals surface area contributed by atoms with Crippen LogP contribution in [0.2, 0.25) is 0 Å². The van der Waals surface area contributed by atoms with Crippen molar-refractivity contribution in [3.8, 4) is 0 Å². The molecule has 3 rings (SSSR count). The molecular weight excluding hydrogens is 242 g/mol. The molecule has 19 heavy (non-hydrogen) atoms. The molecule has 1 aromatic carbocycles. The maximum Gasteiger partial charge on any atom is 0.261 e. The first-order valence-electron chi connectivity index (χ1n) is 6.45. The van der Waals surface area contributed by atoms with E-state index < -0.39 is 0 Å². The molecule has 0 bridgehead atoms. The van der Waals surface area contributed by atoms with E-state index in [9.17, 15) is 9.59 Å². The van der Waals surface area contributed by atoms with Crippen LogP contribution in [0.25, 0.3) is 10.9 Å². The van der Waals surface area contributed by atoms with Crippen molar-refractivity contribution in [2.45, 2.75) is 19.4 Å². The van der Waals surface area contributed by atoms with Gasteiger partial charge in [-0.25, -0.2) is 4.98 Å². The Kier molecular flexibility index (Phi) is 3.03. The third kappa shape index (κ3) is 2.65. The van der Waals surface area contributed by atoms with Crippen molar-refractivity contribution >= 4 is 16.8 Å². The van der Waals surface area contributed by atoms with E-state index in [1.54, 1.807) is 18.2 Å². The van der Waals surface area contributed by atoms with Gasteiger partial charge in [-0.3, -0.25) is 14.2 Å². The van der Waals surface area contributed by atoms with E-state index in [2.05, 4.69) is 10.3 Å². The number of hydrogen-bond acceptors (Lipinski definition) is 3. The summed E-state index contributed by atoms with van der Waals surface area (Å²) in [4.78, 5) is 28.1. The summed E-state index contributed by atoms with van der Waals surface area (Å²) in [6, 6.07) is 7.14. The van der Waals surface area contributed by atoms with Gasteiger partial charge in [0.2, 0.25) is 5.91 Å². The molecule has 5 heteroatoms. The molecule has 2 aromatic rings. The van der Waals surface area contributed by atoms with Crippen molar-refractivity contribution in [1.29, 1.82) is 0 Å². The van der Waals surface area contributed by atoms with Crippen LogP contribution < -0.4 is 10.9 Å². The van der Waals surface area contributed by atoms with Gasteiger partial charge >= 0.3 is 0 Å². The molecule has 0 unspecified atom stereocenters. The highest BCUT2D eigenvalue weighted by molar-refractivity contribution is 5.78. The molecule has 1 aromatic heterocycles. The number of amides is 1. The predicted molar refractivity (Wildman–Crippen MR) is 71.7 cm³/mol. The molecule has 1 amide bonds. The standard InChI is InChI=1S/C14H15N3O2/c18-13(15-7-10-5-6-10)8-17-9-16-12-4-2-1-3-11(12)14(17)19/h1-4,9-10H,5-8H2,(H,15,18). The Balaban J connectivity index is 1.78. The molecule has 1 heterocycles. The Labute approximate surface area is 110 Å². The van der Waals surface area contributed by atoms with Gasteiger partial charge in [-0.15, -0.1) is 0 Å². The molecule has 1 saturated carbocycles. The van der Waals surface area contributed by atoms with E-state index in [1.807, 2.05) is 6.07 Å². The van der Waals surface area contributed by atoms with E-state index in [0.717, 1.165) is 0 Å². The maximum absolute atomic E-state index is 12.2. The van der Waals surface area contributed by atoms with Crippen LogP contribution in [0.5, 0.6) is 0 Å². The number of rotatable bonds is 4. The summed E-state index contributed by atoms with van der Waals surface area (Å²) in [6.45, 7) is 0.748. The van der Waals surface area contributed by atoms with Crippen LogP contribution >= 0.6 is 0 Å². The van der Waals surface area contributed by atoms with E-state index in [1.165, 1.54) is 23.7 Å². The van der Waals surface area contributed by atoms with Crippen molar-refractivity contribution in [2.24, 2.45) is 5.92 Å². The summed E-state index contributed by atoms with van der Waals surface area (Å²) in [7, 11) is 0. The normalized spacial score (nSPS) is 14.5. The Bertz CT molecular complexity index is 674. The number of para-hydroxylation sites is 1. The fourth-order valence-electron chi connectivity index (χ4n) is 2.01. The lowest BCUT2D eigenvalue weighted by Crippen LogP contribution is -2.33. The summed E-state index contributed by atoms with van der Waals surface area (Å²) < 4.78 is 1.35. The summed E-state index contributed by atoms with van der Waals surface area (Å²) in [6.07, 6.45) is 3.82. The zero-order valence-electron chi connectivity index (χ0n) is 10.5. The first-order chi connectivity index (χ1) is 9.24. The largest absolute Gasteiger partial charge is 0.354 e. The Morgan fingerprint density at radius 1 is 1.37 bits per heavy atom. The SMILES string of the molecule is O=C(Cn1cnc2ccccc2c1=O)NCC1CC1. The summed E-state index contributed by atoms with van der Waals surface area (Å²) in [5, 5.41) is 3.38. The van der Waals surface area contributed by atoms with Crippen LogP contribution in [0.1, 0.15) is 12.8 Å². The van der Waals surface area contributed by atoms with Gasteiger partial charge in [-0.05, 0) is 30.9 Å². The maximum atomic E-state index is 12.2. The van der Waals surface area contributed by atoms with Crippen molar-refractivity contribution in [3.05, 3.63) is 40.9 Å². The molecule has 98 valence electrons.